The van der Waals surface area contributed by atoms with Gasteiger partial charge in [-0.1, -0.05) is 12.1 Å². The largest absolute Gasteiger partial charge is 0.454 e. The summed E-state index contributed by atoms with van der Waals surface area (Å²) < 4.78 is 21.3. The summed E-state index contributed by atoms with van der Waals surface area (Å²) in [6.45, 7) is 0.449. The third-order valence-electron chi connectivity index (χ3n) is 6.07. The number of nitrogens with one attached hydrogen (secondary N) is 2. The number of fused-ring (bicyclic) bond motifs is 2. The van der Waals surface area contributed by atoms with E-state index >= 15 is 0 Å². The average molecular weight is 463 g/mol. The second-order valence-corrected chi connectivity index (χ2v) is 8.46. The van der Waals surface area contributed by atoms with Crippen molar-refractivity contribution in [3.05, 3.63) is 59.7 Å². The van der Waals surface area contributed by atoms with Crippen LogP contribution < -0.4 is 29.6 Å². The van der Waals surface area contributed by atoms with E-state index in [0.717, 1.165) is 36.8 Å². The highest BCUT2D eigenvalue weighted by atomic mass is 16.7. The molecule has 2 N–H and O–H groups in total. The molecule has 0 bridgehead atoms. The first-order valence-corrected chi connectivity index (χ1v) is 11.4. The highest BCUT2D eigenvalue weighted by Crippen LogP contribution is 2.33. The lowest BCUT2D eigenvalue weighted by atomic mass is 9.91. The van der Waals surface area contributed by atoms with Crippen molar-refractivity contribution < 1.29 is 28.5 Å². The Morgan fingerprint density at radius 1 is 0.647 bits per heavy atom. The minimum Gasteiger partial charge on any atom is -0.454 e. The minimum atomic E-state index is -0.128. The van der Waals surface area contributed by atoms with Crippen molar-refractivity contribution in [3.8, 4) is 23.0 Å². The lowest BCUT2D eigenvalue weighted by Crippen LogP contribution is -2.43. The lowest BCUT2D eigenvalue weighted by Gasteiger charge is -2.29. The molecule has 2 heterocycles. The number of hydrogen-bond donors (Lipinski definition) is 2. The Morgan fingerprint density at radius 3 is 1.50 bits per heavy atom. The average Bonchev–Trinajstić information content (AvgIpc) is 3.51. The van der Waals surface area contributed by atoms with Gasteiger partial charge in [0.25, 0.3) is 0 Å². The number of rotatable bonds is 6. The van der Waals surface area contributed by atoms with Crippen molar-refractivity contribution in [2.45, 2.75) is 37.8 Å². The van der Waals surface area contributed by atoms with Gasteiger partial charge in [-0.25, -0.2) is 0 Å². The zero-order valence-electron chi connectivity index (χ0n) is 18.6. The number of carbonyl (C=O) groups is 2. The van der Waals surface area contributed by atoms with E-state index in [9.17, 15) is 9.59 Å². The summed E-state index contributed by atoms with van der Waals surface area (Å²) >= 11 is 0. The Morgan fingerprint density at radius 2 is 1.06 bits per heavy atom. The fourth-order valence-electron chi connectivity index (χ4n) is 4.26. The quantitative estimate of drug-likeness (QED) is 0.639. The highest BCUT2D eigenvalue weighted by Gasteiger charge is 2.22. The summed E-state index contributed by atoms with van der Waals surface area (Å²) in [7, 11) is 0. The molecule has 8 nitrogen and oxygen atoms in total. The molecule has 2 aromatic carbocycles. The van der Waals surface area contributed by atoms with Gasteiger partial charge in [0.15, 0.2) is 23.0 Å². The second-order valence-electron chi connectivity index (χ2n) is 8.46. The van der Waals surface area contributed by atoms with E-state index in [2.05, 4.69) is 10.6 Å². The maximum Gasteiger partial charge on any atom is 0.244 e. The van der Waals surface area contributed by atoms with Gasteiger partial charge in [0.05, 0.1) is 0 Å². The molecule has 0 unspecified atom stereocenters. The predicted molar refractivity (Wildman–Crippen MR) is 126 cm³/mol. The number of hydrogen-bond acceptors (Lipinski definition) is 6. The van der Waals surface area contributed by atoms with Crippen molar-refractivity contribution in [2.24, 2.45) is 0 Å². The molecule has 3 aliphatic rings. The number of ether oxygens (including phenoxy) is 4. The van der Waals surface area contributed by atoms with Crippen molar-refractivity contribution in [3.63, 3.8) is 0 Å². The van der Waals surface area contributed by atoms with Crippen LogP contribution in [0.25, 0.3) is 12.2 Å². The molecular formula is C26H26N2O6. The summed E-state index contributed by atoms with van der Waals surface area (Å²) in [4.78, 5) is 24.6. The van der Waals surface area contributed by atoms with Crippen molar-refractivity contribution in [1.82, 2.24) is 10.6 Å². The fraction of sp³-hybridized carbons (Fsp3) is 0.308. The van der Waals surface area contributed by atoms with Gasteiger partial charge in [-0.05, 0) is 73.2 Å². The molecule has 2 aromatic rings. The molecule has 0 spiro atoms. The molecule has 34 heavy (non-hydrogen) atoms. The van der Waals surface area contributed by atoms with Gasteiger partial charge in [0.1, 0.15) is 0 Å². The monoisotopic (exact) mass is 462 g/mol. The molecule has 1 aliphatic carbocycles. The van der Waals surface area contributed by atoms with Crippen LogP contribution in [-0.4, -0.2) is 37.5 Å². The molecule has 0 atom stereocenters. The van der Waals surface area contributed by atoms with E-state index in [0.29, 0.717) is 23.0 Å². The zero-order chi connectivity index (χ0) is 23.3. The van der Waals surface area contributed by atoms with Crippen LogP contribution in [0, 0.1) is 0 Å². The van der Waals surface area contributed by atoms with Crippen molar-refractivity contribution in [1.29, 1.82) is 0 Å². The van der Waals surface area contributed by atoms with Crippen LogP contribution in [0.3, 0.4) is 0 Å². The van der Waals surface area contributed by atoms with Crippen molar-refractivity contribution >= 4 is 24.0 Å². The van der Waals surface area contributed by atoms with Crippen LogP contribution in [0.15, 0.2) is 48.6 Å². The molecule has 2 amide bonds. The number of amides is 2. The van der Waals surface area contributed by atoms with Crippen LogP contribution >= 0.6 is 0 Å². The molecule has 8 heteroatoms. The summed E-state index contributed by atoms with van der Waals surface area (Å²) in [6, 6.07) is 11.3. The van der Waals surface area contributed by atoms with E-state index in [1.54, 1.807) is 12.2 Å². The molecular weight excluding hydrogens is 436 g/mol. The maximum absolute atomic E-state index is 12.3. The molecule has 176 valence electrons. The third-order valence-corrected chi connectivity index (χ3v) is 6.07. The van der Waals surface area contributed by atoms with Gasteiger partial charge in [0, 0.05) is 24.2 Å². The molecule has 0 radical (unpaired) electrons. The first-order valence-electron chi connectivity index (χ1n) is 11.4. The molecule has 1 saturated carbocycles. The van der Waals surface area contributed by atoms with E-state index in [-0.39, 0.29) is 37.5 Å². The Balaban J connectivity index is 1.04. The first kappa shape index (κ1) is 21.9. The molecule has 0 saturated heterocycles. The summed E-state index contributed by atoms with van der Waals surface area (Å²) in [5.74, 6) is 2.55. The fourth-order valence-corrected chi connectivity index (χ4v) is 4.26. The minimum absolute atomic E-state index is 0.103. The Labute approximate surface area is 197 Å². The Hall–Kier alpha value is -3.94. The third kappa shape index (κ3) is 5.33. The highest BCUT2D eigenvalue weighted by molar-refractivity contribution is 5.92. The maximum atomic E-state index is 12.3. The van der Waals surface area contributed by atoms with Gasteiger partial charge < -0.3 is 29.6 Å². The first-order chi connectivity index (χ1) is 16.6. The summed E-state index contributed by atoms with van der Waals surface area (Å²) in [6.07, 6.45) is 9.87. The van der Waals surface area contributed by atoms with Crippen LogP contribution in [-0.2, 0) is 9.59 Å². The molecule has 0 aromatic heterocycles. The van der Waals surface area contributed by atoms with Gasteiger partial charge in [-0.15, -0.1) is 0 Å². The van der Waals surface area contributed by atoms with Crippen molar-refractivity contribution in [2.75, 3.05) is 13.6 Å². The van der Waals surface area contributed by atoms with E-state index in [1.807, 2.05) is 36.4 Å². The van der Waals surface area contributed by atoms with Gasteiger partial charge in [0.2, 0.25) is 25.4 Å². The Kier molecular flexibility index (Phi) is 6.38. The molecule has 5 rings (SSSR count). The smallest absolute Gasteiger partial charge is 0.244 e. The molecule has 2 aliphatic heterocycles. The van der Waals surface area contributed by atoms with Gasteiger partial charge in [-0.2, -0.15) is 0 Å². The SMILES string of the molecule is O=C(/C=C/c1ccc2c(c1)OCO2)NC1CCC(NC(=O)/C=C/c2ccc3c(c2)OCO3)CC1. The van der Waals surface area contributed by atoms with E-state index in [1.165, 1.54) is 12.2 Å². The Bertz CT molecular complexity index is 1040. The normalized spacial score (nSPS) is 20.6. The lowest BCUT2D eigenvalue weighted by molar-refractivity contribution is -0.118. The number of benzene rings is 2. The topological polar surface area (TPSA) is 95.1 Å². The number of carbonyl (C=O) groups excluding carboxylic acids is 2. The standard InChI is InChI=1S/C26H26N2O6/c29-25(11-3-17-1-9-21-23(13-17)33-15-31-21)27-19-5-7-20(8-6-19)28-26(30)12-4-18-2-10-22-24(14-18)34-16-32-22/h1-4,9-14,19-20H,5-8,15-16H2,(H,27,29)(H,28,30)/b11-3+,12-4+. The predicted octanol–water partition coefficient (Wildman–Crippen LogP) is 3.41. The van der Waals surface area contributed by atoms with E-state index < -0.39 is 0 Å². The van der Waals surface area contributed by atoms with Gasteiger partial charge >= 0.3 is 0 Å². The summed E-state index contributed by atoms with van der Waals surface area (Å²) in [5, 5.41) is 6.10. The van der Waals surface area contributed by atoms with Crippen LogP contribution in [0.2, 0.25) is 0 Å². The van der Waals surface area contributed by atoms with Crippen LogP contribution in [0.4, 0.5) is 0 Å². The van der Waals surface area contributed by atoms with Crippen LogP contribution in [0.5, 0.6) is 23.0 Å². The van der Waals surface area contributed by atoms with E-state index in [4.69, 9.17) is 18.9 Å². The van der Waals surface area contributed by atoms with Crippen LogP contribution in [0.1, 0.15) is 36.8 Å². The molecule has 1 fully saturated rings. The summed E-state index contributed by atoms with van der Waals surface area (Å²) in [5.41, 5.74) is 1.75. The zero-order valence-corrected chi connectivity index (χ0v) is 18.6. The second kappa shape index (κ2) is 9.91. The van der Waals surface area contributed by atoms with Gasteiger partial charge in [-0.3, -0.25) is 9.59 Å².